The molecular formula is C27H32BrN5O. The lowest BCUT2D eigenvalue weighted by atomic mass is 9.96. The first-order valence-electron chi connectivity index (χ1n) is 12.6. The largest absolute Gasteiger partial charge is 0.335 e. The van der Waals surface area contributed by atoms with Crippen LogP contribution in [0.2, 0.25) is 0 Å². The maximum Gasteiger partial charge on any atom is 0.317 e. The van der Waals surface area contributed by atoms with Gasteiger partial charge in [0.15, 0.2) is 0 Å². The smallest absolute Gasteiger partial charge is 0.317 e. The van der Waals surface area contributed by atoms with Gasteiger partial charge in [-0.2, -0.15) is 0 Å². The van der Waals surface area contributed by atoms with Crippen LogP contribution in [0.1, 0.15) is 37.8 Å². The molecule has 2 aliphatic heterocycles. The number of hydrogen-bond donors (Lipinski definition) is 1. The number of pyridine rings is 1. The molecule has 2 aromatic heterocycles. The number of halogens is 1. The summed E-state index contributed by atoms with van der Waals surface area (Å²) in [4.78, 5) is 22.5. The van der Waals surface area contributed by atoms with Crippen molar-refractivity contribution in [2.45, 2.75) is 44.7 Å². The molecule has 0 bridgehead atoms. The first-order chi connectivity index (χ1) is 16.6. The standard InChI is InChI=1S/C27H32BrN5O/c28-22-11-9-19(10-12-22)26-24(33-13-5-4-8-25(33)30-26)18-31-14-20-16-32(17-21(20)15-31)27(34)29-23-6-2-1-3-7-23/h4-5,8-13,20-21,23H,1-3,6-7,14-18H2,(H,29,34). The number of amides is 2. The van der Waals surface area contributed by atoms with Crippen molar-refractivity contribution in [2.24, 2.45) is 11.8 Å². The predicted octanol–water partition coefficient (Wildman–Crippen LogP) is 5.17. The summed E-state index contributed by atoms with van der Waals surface area (Å²) in [6, 6.07) is 15.2. The fraction of sp³-hybridized carbons (Fsp3) is 0.481. The number of carbonyl (C=O) groups is 1. The van der Waals surface area contributed by atoms with Crippen molar-refractivity contribution in [2.75, 3.05) is 26.2 Å². The summed E-state index contributed by atoms with van der Waals surface area (Å²) in [5.74, 6) is 1.12. The lowest BCUT2D eigenvalue weighted by Crippen LogP contribution is -2.45. The van der Waals surface area contributed by atoms with Gasteiger partial charge in [0.05, 0.1) is 11.4 Å². The van der Waals surface area contributed by atoms with Crippen LogP contribution in [-0.2, 0) is 6.54 Å². The van der Waals surface area contributed by atoms with E-state index in [1.54, 1.807) is 0 Å². The third kappa shape index (κ3) is 4.36. The SMILES string of the molecule is O=C(NC1CCCCC1)N1CC2CN(Cc3c(-c4ccc(Br)cc4)nc4ccccn34)CC2C1. The molecule has 2 unspecified atom stereocenters. The van der Waals surface area contributed by atoms with E-state index in [4.69, 9.17) is 4.98 Å². The van der Waals surface area contributed by atoms with Crippen LogP contribution in [-0.4, -0.2) is 57.4 Å². The first kappa shape index (κ1) is 22.1. The molecule has 6 nitrogen and oxygen atoms in total. The van der Waals surface area contributed by atoms with Gasteiger partial charge in [0.2, 0.25) is 0 Å². The number of hydrogen-bond acceptors (Lipinski definition) is 3. The number of fused-ring (bicyclic) bond motifs is 2. The highest BCUT2D eigenvalue weighted by Gasteiger charge is 2.42. The molecule has 6 rings (SSSR count). The van der Waals surface area contributed by atoms with Gasteiger partial charge in [-0.1, -0.05) is 53.4 Å². The predicted molar refractivity (Wildman–Crippen MR) is 138 cm³/mol. The molecule has 3 fully saturated rings. The normalized spacial score (nSPS) is 23.5. The summed E-state index contributed by atoms with van der Waals surface area (Å²) >= 11 is 3.55. The van der Waals surface area contributed by atoms with Crippen molar-refractivity contribution in [3.63, 3.8) is 0 Å². The highest BCUT2D eigenvalue weighted by molar-refractivity contribution is 9.10. The number of likely N-dealkylation sites (tertiary alicyclic amines) is 2. The third-order valence-electron chi connectivity index (χ3n) is 7.90. The van der Waals surface area contributed by atoms with E-state index in [1.807, 2.05) is 6.07 Å². The second kappa shape index (κ2) is 9.34. The first-order valence-corrected chi connectivity index (χ1v) is 13.4. The van der Waals surface area contributed by atoms with Crippen LogP contribution >= 0.6 is 15.9 Å². The zero-order valence-electron chi connectivity index (χ0n) is 19.5. The monoisotopic (exact) mass is 521 g/mol. The van der Waals surface area contributed by atoms with Gasteiger partial charge in [-0.25, -0.2) is 9.78 Å². The van der Waals surface area contributed by atoms with E-state index in [1.165, 1.54) is 25.0 Å². The van der Waals surface area contributed by atoms with Crippen molar-refractivity contribution >= 4 is 27.6 Å². The molecule has 3 aliphatic rings. The van der Waals surface area contributed by atoms with Crippen LogP contribution in [0.4, 0.5) is 4.79 Å². The Labute approximate surface area is 209 Å². The summed E-state index contributed by atoms with van der Waals surface area (Å²) in [5, 5.41) is 3.31. The zero-order chi connectivity index (χ0) is 23.1. The van der Waals surface area contributed by atoms with Gasteiger partial charge in [-0.3, -0.25) is 4.90 Å². The van der Waals surface area contributed by atoms with Crippen LogP contribution in [0, 0.1) is 11.8 Å². The number of nitrogens with one attached hydrogen (secondary N) is 1. The van der Waals surface area contributed by atoms with Gasteiger partial charge in [0, 0.05) is 55.0 Å². The Kier molecular flexibility index (Phi) is 6.08. The molecule has 1 aliphatic carbocycles. The number of rotatable bonds is 4. The maximum atomic E-state index is 12.8. The molecule has 3 aromatic rings. The van der Waals surface area contributed by atoms with E-state index < -0.39 is 0 Å². The quantitative estimate of drug-likeness (QED) is 0.515. The second-order valence-corrected chi connectivity index (χ2v) is 11.2. The Morgan fingerprint density at radius 2 is 1.71 bits per heavy atom. The van der Waals surface area contributed by atoms with Crippen molar-refractivity contribution in [1.29, 1.82) is 0 Å². The van der Waals surface area contributed by atoms with Crippen LogP contribution in [0.3, 0.4) is 0 Å². The highest BCUT2D eigenvalue weighted by Crippen LogP contribution is 2.34. The summed E-state index contributed by atoms with van der Waals surface area (Å²) in [5.41, 5.74) is 4.43. The van der Waals surface area contributed by atoms with Gasteiger partial charge < -0.3 is 14.6 Å². The Morgan fingerprint density at radius 3 is 2.44 bits per heavy atom. The highest BCUT2D eigenvalue weighted by atomic mass is 79.9. The number of carbonyl (C=O) groups excluding carboxylic acids is 1. The molecule has 178 valence electrons. The molecule has 4 heterocycles. The molecule has 1 saturated carbocycles. The van der Waals surface area contributed by atoms with E-state index in [9.17, 15) is 4.79 Å². The fourth-order valence-electron chi connectivity index (χ4n) is 6.15. The number of nitrogens with zero attached hydrogens (tertiary/aromatic N) is 4. The molecule has 34 heavy (non-hydrogen) atoms. The van der Waals surface area contributed by atoms with Gasteiger partial charge in [0.1, 0.15) is 5.65 Å². The van der Waals surface area contributed by atoms with Crippen molar-refractivity contribution < 1.29 is 4.79 Å². The number of aromatic nitrogens is 2. The molecule has 0 spiro atoms. The van der Waals surface area contributed by atoms with E-state index in [0.29, 0.717) is 17.9 Å². The van der Waals surface area contributed by atoms with Crippen LogP contribution in [0.15, 0.2) is 53.1 Å². The lowest BCUT2D eigenvalue weighted by molar-refractivity contribution is 0.191. The summed E-state index contributed by atoms with van der Waals surface area (Å²) < 4.78 is 3.31. The lowest BCUT2D eigenvalue weighted by Gasteiger charge is -2.27. The van der Waals surface area contributed by atoms with Crippen molar-refractivity contribution in [1.82, 2.24) is 24.5 Å². The Bertz CT molecular complexity index is 1160. The van der Waals surface area contributed by atoms with E-state index in [0.717, 1.165) is 66.9 Å². The number of urea groups is 1. The van der Waals surface area contributed by atoms with Crippen LogP contribution < -0.4 is 5.32 Å². The molecule has 0 radical (unpaired) electrons. The molecule has 1 aromatic carbocycles. The minimum absolute atomic E-state index is 0.159. The van der Waals surface area contributed by atoms with Crippen molar-refractivity contribution in [3.8, 4) is 11.3 Å². The Hall–Kier alpha value is -2.38. The fourth-order valence-corrected chi connectivity index (χ4v) is 6.41. The Balaban J connectivity index is 1.14. The minimum Gasteiger partial charge on any atom is -0.335 e. The molecule has 1 N–H and O–H groups in total. The van der Waals surface area contributed by atoms with Gasteiger partial charge >= 0.3 is 6.03 Å². The number of imidazole rings is 1. The van der Waals surface area contributed by atoms with Crippen LogP contribution in [0.5, 0.6) is 0 Å². The van der Waals surface area contributed by atoms with E-state index in [-0.39, 0.29) is 6.03 Å². The third-order valence-corrected chi connectivity index (χ3v) is 8.43. The topological polar surface area (TPSA) is 52.9 Å². The average Bonchev–Trinajstić information content (AvgIpc) is 3.52. The summed E-state index contributed by atoms with van der Waals surface area (Å²) in [7, 11) is 0. The average molecular weight is 522 g/mol. The zero-order valence-corrected chi connectivity index (χ0v) is 21.1. The molecule has 2 saturated heterocycles. The van der Waals surface area contributed by atoms with E-state index in [2.05, 4.69) is 78.0 Å². The van der Waals surface area contributed by atoms with Gasteiger partial charge in [-0.05, 0) is 48.9 Å². The Morgan fingerprint density at radius 1 is 0.971 bits per heavy atom. The number of benzene rings is 1. The van der Waals surface area contributed by atoms with Crippen LogP contribution in [0.25, 0.3) is 16.9 Å². The van der Waals surface area contributed by atoms with E-state index >= 15 is 0 Å². The van der Waals surface area contributed by atoms with Crippen molar-refractivity contribution in [3.05, 3.63) is 58.8 Å². The van der Waals surface area contributed by atoms with Gasteiger partial charge in [-0.15, -0.1) is 0 Å². The molecular weight excluding hydrogens is 490 g/mol. The molecule has 2 atom stereocenters. The summed E-state index contributed by atoms with van der Waals surface area (Å²) in [6.45, 7) is 4.71. The van der Waals surface area contributed by atoms with Gasteiger partial charge in [0.25, 0.3) is 0 Å². The molecule has 7 heteroatoms. The minimum atomic E-state index is 0.159. The summed E-state index contributed by atoms with van der Waals surface area (Å²) in [6.07, 6.45) is 8.20. The maximum absolute atomic E-state index is 12.8. The second-order valence-electron chi connectivity index (χ2n) is 10.2. The molecule has 2 amide bonds.